The van der Waals surface area contributed by atoms with Crippen molar-refractivity contribution in [1.82, 2.24) is 10.2 Å². The fourth-order valence-electron chi connectivity index (χ4n) is 2.38. The number of aromatic nitrogens is 2. The summed E-state index contributed by atoms with van der Waals surface area (Å²) in [4.78, 5) is 0. The van der Waals surface area contributed by atoms with Gasteiger partial charge < -0.3 is 4.74 Å². The minimum Gasteiger partial charge on any atom is -0.496 e. The Kier molecular flexibility index (Phi) is 5.94. The van der Waals surface area contributed by atoms with Gasteiger partial charge in [0, 0.05) is 11.3 Å². The standard InChI is InChI=1S/C17H18FN3OS/c1-4-13-14(9-19)17(21-20-15(13)5-2)23-10-11-8-12(18)6-7-16(11)22-3/h6-8H,4-5,10H2,1-3H3. The number of nitrogens with zero attached hydrogens (tertiary/aromatic N) is 3. The van der Waals surface area contributed by atoms with Crippen LogP contribution in [0.4, 0.5) is 4.39 Å². The maximum absolute atomic E-state index is 13.4. The fraction of sp³-hybridized carbons (Fsp3) is 0.353. The van der Waals surface area contributed by atoms with Crippen molar-refractivity contribution in [1.29, 1.82) is 5.26 Å². The van der Waals surface area contributed by atoms with Gasteiger partial charge in [0.2, 0.25) is 0 Å². The molecule has 0 bridgehead atoms. The highest BCUT2D eigenvalue weighted by Crippen LogP contribution is 2.30. The first-order valence-electron chi connectivity index (χ1n) is 7.38. The maximum atomic E-state index is 13.4. The molecule has 0 saturated heterocycles. The lowest BCUT2D eigenvalue weighted by Crippen LogP contribution is -2.04. The zero-order valence-corrected chi connectivity index (χ0v) is 14.2. The smallest absolute Gasteiger partial charge is 0.137 e. The highest BCUT2D eigenvalue weighted by molar-refractivity contribution is 7.98. The molecule has 120 valence electrons. The van der Waals surface area contributed by atoms with Crippen molar-refractivity contribution in [3.8, 4) is 11.8 Å². The van der Waals surface area contributed by atoms with E-state index in [4.69, 9.17) is 4.74 Å². The Bertz CT molecular complexity index is 743. The molecule has 0 aliphatic rings. The Morgan fingerprint density at radius 1 is 1.26 bits per heavy atom. The summed E-state index contributed by atoms with van der Waals surface area (Å²) in [6.07, 6.45) is 1.48. The van der Waals surface area contributed by atoms with E-state index >= 15 is 0 Å². The second kappa shape index (κ2) is 7.93. The van der Waals surface area contributed by atoms with Crippen LogP contribution in [0.25, 0.3) is 0 Å². The molecule has 0 spiro atoms. The average molecular weight is 331 g/mol. The number of ether oxygens (including phenoxy) is 1. The molecule has 1 aromatic carbocycles. The third-order valence-electron chi connectivity index (χ3n) is 3.53. The molecule has 6 heteroatoms. The second-order valence-corrected chi connectivity index (χ2v) is 5.83. The summed E-state index contributed by atoms with van der Waals surface area (Å²) in [5, 5.41) is 18.5. The minimum absolute atomic E-state index is 0.316. The molecule has 0 saturated carbocycles. The van der Waals surface area contributed by atoms with Crippen molar-refractivity contribution in [3.05, 3.63) is 46.4 Å². The summed E-state index contributed by atoms with van der Waals surface area (Å²) in [7, 11) is 1.55. The predicted molar refractivity (Wildman–Crippen MR) is 88.0 cm³/mol. The lowest BCUT2D eigenvalue weighted by molar-refractivity contribution is 0.410. The van der Waals surface area contributed by atoms with Crippen LogP contribution >= 0.6 is 11.8 Å². The van der Waals surface area contributed by atoms with Crippen molar-refractivity contribution in [3.63, 3.8) is 0 Å². The number of halogens is 1. The van der Waals surface area contributed by atoms with Crippen LogP contribution in [-0.2, 0) is 18.6 Å². The van der Waals surface area contributed by atoms with Gasteiger partial charge in [0.1, 0.15) is 22.7 Å². The van der Waals surface area contributed by atoms with Crippen LogP contribution in [0.1, 0.15) is 36.2 Å². The molecule has 0 atom stereocenters. The Morgan fingerprint density at radius 3 is 2.65 bits per heavy atom. The lowest BCUT2D eigenvalue weighted by Gasteiger charge is -2.11. The first kappa shape index (κ1) is 17.2. The van der Waals surface area contributed by atoms with Gasteiger partial charge in [0.05, 0.1) is 18.4 Å². The molecule has 2 rings (SSSR count). The molecule has 23 heavy (non-hydrogen) atoms. The van der Waals surface area contributed by atoms with Crippen LogP contribution in [0.3, 0.4) is 0 Å². The van der Waals surface area contributed by atoms with E-state index in [1.54, 1.807) is 13.2 Å². The predicted octanol–water partition coefficient (Wildman–Crippen LogP) is 3.91. The molecule has 2 aromatic rings. The zero-order valence-electron chi connectivity index (χ0n) is 13.4. The van der Waals surface area contributed by atoms with Crippen LogP contribution < -0.4 is 4.74 Å². The van der Waals surface area contributed by atoms with E-state index in [0.29, 0.717) is 22.1 Å². The molecule has 0 aliphatic heterocycles. The summed E-state index contributed by atoms with van der Waals surface area (Å²) in [6, 6.07) is 6.63. The molecule has 0 N–H and O–H groups in total. The van der Waals surface area contributed by atoms with Crippen molar-refractivity contribution in [2.75, 3.05) is 7.11 Å². The van der Waals surface area contributed by atoms with Crippen molar-refractivity contribution >= 4 is 11.8 Å². The third-order valence-corrected chi connectivity index (χ3v) is 4.55. The van der Waals surface area contributed by atoms with E-state index in [-0.39, 0.29) is 5.82 Å². The normalized spacial score (nSPS) is 10.4. The average Bonchev–Trinajstić information content (AvgIpc) is 2.58. The SMILES string of the molecule is CCc1nnc(SCc2cc(F)ccc2OC)c(C#N)c1CC. The third kappa shape index (κ3) is 3.80. The van der Waals surface area contributed by atoms with Crippen molar-refractivity contribution < 1.29 is 9.13 Å². The number of benzene rings is 1. The van der Waals surface area contributed by atoms with E-state index in [2.05, 4.69) is 16.3 Å². The largest absolute Gasteiger partial charge is 0.496 e. The van der Waals surface area contributed by atoms with E-state index < -0.39 is 0 Å². The van der Waals surface area contributed by atoms with Crippen LogP contribution in [0, 0.1) is 17.1 Å². The van der Waals surface area contributed by atoms with Gasteiger partial charge in [-0.1, -0.05) is 25.6 Å². The van der Waals surface area contributed by atoms with E-state index in [1.807, 2.05) is 13.8 Å². The van der Waals surface area contributed by atoms with E-state index in [9.17, 15) is 9.65 Å². The first-order chi connectivity index (χ1) is 11.1. The van der Waals surface area contributed by atoms with E-state index in [1.165, 1.54) is 23.9 Å². The topological polar surface area (TPSA) is 58.8 Å². The molecule has 0 amide bonds. The van der Waals surface area contributed by atoms with Crippen LogP contribution in [0.2, 0.25) is 0 Å². The summed E-state index contributed by atoms with van der Waals surface area (Å²) >= 11 is 1.37. The number of rotatable bonds is 6. The van der Waals surface area contributed by atoms with Crippen molar-refractivity contribution in [2.45, 2.75) is 37.5 Å². The van der Waals surface area contributed by atoms with Gasteiger partial charge in [-0.05, 0) is 36.6 Å². The Labute approximate surface area is 139 Å². The molecular formula is C17H18FN3OS. The number of hydrogen-bond acceptors (Lipinski definition) is 5. The first-order valence-corrected chi connectivity index (χ1v) is 8.36. The summed E-state index contributed by atoms with van der Waals surface area (Å²) in [6.45, 7) is 4.00. The van der Waals surface area contributed by atoms with Gasteiger partial charge >= 0.3 is 0 Å². The molecule has 0 radical (unpaired) electrons. The van der Waals surface area contributed by atoms with Gasteiger partial charge in [0.15, 0.2) is 0 Å². The fourth-order valence-corrected chi connectivity index (χ4v) is 3.31. The molecule has 0 fully saturated rings. The monoisotopic (exact) mass is 331 g/mol. The highest BCUT2D eigenvalue weighted by atomic mass is 32.2. The number of methoxy groups -OCH3 is 1. The van der Waals surface area contributed by atoms with Crippen LogP contribution in [0.5, 0.6) is 5.75 Å². The molecule has 1 aromatic heterocycles. The number of thioether (sulfide) groups is 1. The van der Waals surface area contributed by atoms with Crippen molar-refractivity contribution in [2.24, 2.45) is 0 Å². The quantitative estimate of drug-likeness (QED) is 0.751. The Morgan fingerprint density at radius 2 is 2.04 bits per heavy atom. The van der Waals surface area contributed by atoms with Gasteiger partial charge in [0.25, 0.3) is 0 Å². The van der Waals surface area contributed by atoms with Crippen LogP contribution in [-0.4, -0.2) is 17.3 Å². The number of nitriles is 1. The second-order valence-electron chi connectivity index (χ2n) is 4.87. The summed E-state index contributed by atoms with van der Waals surface area (Å²) < 4.78 is 18.7. The molecule has 0 unspecified atom stereocenters. The van der Waals surface area contributed by atoms with E-state index in [0.717, 1.165) is 29.7 Å². The molecule has 1 heterocycles. The highest BCUT2D eigenvalue weighted by Gasteiger charge is 2.15. The minimum atomic E-state index is -0.316. The zero-order chi connectivity index (χ0) is 16.8. The molecular weight excluding hydrogens is 313 g/mol. The molecule has 4 nitrogen and oxygen atoms in total. The van der Waals surface area contributed by atoms with Gasteiger partial charge in [-0.15, -0.1) is 5.10 Å². The van der Waals surface area contributed by atoms with Gasteiger partial charge in [-0.2, -0.15) is 10.4 Å². The Hall–Kier alpha value is -2.13. The molecule has 0 aliphatic carbocycles. The summed E-state index contributed by atoms with van der Waals surface area (Å²) in [5.74, 6) is 0.758. The Balaban J connectivity index is 2.31. The van der Waals surface area contributed by atoms with Crippen LogP contribution in [0.15, 0.2) is 23.2 Å². The summed E-state index contributed by atoms with van der Waals surface area (Å²) in [5.41, 5.74) is 3.09. The van der Waals surface area contributed by atoms with Gasteiger partial charge in [-0.25, -0.2) is 4.39 Å². The number of aryl methyl sites for hydroxylation is 1. The number of hydrogen-bond donors (Lipinski definition) is 0. The lowest BCUT2D eigenvalue weighted by atomic mass is 10.1. The maximum Gasteiger partial charge on any atom is 0.137 e. The van der Waals surface area contributed by atoms with Gasteiger partial charge in [-0.3, -0.25) is 0 Å².